The van der Waals surface area contributed by atoms with E-state index >= 15 is 0 Å². The van der Waals surface area contributed by atoms with Gasteiger partial charge in [0.1, 0.15) is 10.3 Å². The Labute approximate surface area is 100.0 Å². The Kier molecular flexibility index (Phi) is 3.49. The molecule has 1 aromatic rings. The maximum absolute atomic E-state index is 5.88. The zero-order valence-corrected chi connectivity index (χ0v) is 10.1. The third-order valence-electron chi connectivity index (χ3n) is 2.85. The topological polar surface area (TPSA) is 24.9 Å². The Bertz CT molecular complexity index is 334. The van der Waals surface area contributed by atoms with Gasteiger partial charge in [-0.25, -0.2) is 4.98 Å². The lowest BCUT2D eigenvalue weighted by molar-refractivity contribution is 0.325. The molecule has 82 valence electrons. The van der Waals surface area contributed by atoms with Crippen molar-refractivity contribution in [2.45, 2.75) is 25.8 Å². The normalized spacial score (nSPS) is 26.6. The summed E-state index contributed by atoms with van der Waals surface area (Å²) in [6.07, 6.45) is 2.37. The van der Waals surface area contributed by atoms with Gasteiger partial charge < -0.3 is 5.32 Å². The van der Waals surface area contributed by atoms with Crippen LogP contribution in [0.2, 0.25) is 10.3 Å². The number of nitrogens with zero attached hydrogens (tertiary/aromatic N) is 1. The predicted molar refractivity (Wildman–Crippen MR) is 63.4 cm³/mol. The second-order valence-electron chi connectivity index (χ2n) is 4.18. The summed E-state index contributed by atoms with van der Waals surface area (Å²) in [7, 11) is 0. The van der Waals surface area contributed by atoms with E-state index in [4.69, 9.17) is 23.2 Å². The molecule has 1 saturated heterocycles. The molecule has 2 unspecified atom stereocenters. The van der Waals surface area contributed by atoms with Gasteiger partial charge in [0.25, 0.3) is 0 Å². The van der Waals surface area contributed by atoms with Gasteiger partial charge in [-0.1, -0.05) is 30.1 Å². The maximum atomic E-state index is 5.88. The molecule has 1 N–H and O–H groups in total. The summed E-state index contributed by atoms with van der Waals surface area (Å²) in [4.78, 5) is 3.95. The summed E-state index contributed by atoms with van der Waals surface area (Å²) in [6, 6.07) is 4.15. The van der Waals surface area contributed by atoms with Gasteiger partial charge in [-0.2, -0.15) is 0 Å². The number of nitrogens with one attached hydrogen (secondary N) is 1. The zero-order chi connectivity index (χ0) is 10.8. The van der Waals surface area contributed by atoms with Crippen LogP contribution in [0.15, 0.2) is 12.1 Å². The van der Waals surface area contributed by atoms with Crippen LogP contribution >= 0.6 is 23.2 Å². The van der Waals surface area contributed by atoms with Crippen LogP contribution < -0.4 is 5.32 Å². The van der Waals surface area contributed by atoms with Crippen LogP contribution in [0.4, 0.5) is 0 Å². The van der Waals surface area contributed by atoms with Crippen molar-refractivity contribution in [3.63, 3.8) is 0 Å². The first-order valence-corrected chi connectivity index (χ1v) is 5.97. The quantitative estimate of drug-likeness (QED) is 0.766. The number of pyridine rings is 1. The van der Waals surface area contributed by atoms with E-state index in [0.29, 0.717) is 16.3 Å². The van der Waals surface area contributed by atoms with Crippen LogP contribution in [-0.4, -0.2) is 11.5 Å². The van der Waals surface area contributed by atoms with Crippen molar-refractivity contribution in [1.82, 2.24) is 10.3 Å². The maximum Gasteiger partial charge on any atom is 0.131 e. The minimum Gasteiger partial charge on any atom is -0.310 e. The van der Waals surface area contributed by atoms with Gasteiger partial charge in [0.15, 0.2) is 0 Å². The summed E-state index contributed by atoms with van der Waals surface area (Å²) < 4.78 is 0. The highest BCUT2D eigenvalue weighted by molar-refractivity contribution is 6.32. The molecule has 1 aliphatic heterocycles. The van der Waals surface area contributed by atoms with Crippen molar-refractivity contribution in [3.05, 3.63) is 28.0 Å². The van der Waals surface area contributed by atoms with Gasteiger partial charge in [-0.15, -0.1) is 0 Å². The van der Waals surface area contributed by atoms with Crippen LogP contribution in [0.5, 0.6) is 0 Å². The minimum atomic E-state index is 0.367. The molecule has 0 amide bonds. The first-order valence-electron chi connectivity index (χ1n) is 5.21. The third-order valence-corrected chi connectivity index (χ3v) is 3.24. The first kappa shape index (κ1) is 11.2. The van der Waals surface area contributed by atoms with E-state index in [1.165, 1.54) is 6.42 Å². The standard InChI is InChI=1S/C11H14Cl2N2/c1-7-2-3-14-9(4-7)8-5-10(12)15-11(13)6-8/h5-7,9,14H,2-4H2,1H3. The fourth-order valence-electron chi connectivity index (χ4n) is 2.05. The summed E-state index contributed by atoms with van der Waals surface area (Å²) in [5, 5.41) is 4.42. The van der Waals surface area contributed by atoms with Crippen LogP contribution in [0.3, 0.4) is 0 Å². The molecule has 0 spiro atoms. The molecule has 0 aromatic carbocycles. The second-order valence-corrected chi connectivity index (χ2v) is 4.96. The molecule has 15 heavy (non-hydrogen) atoms. The molecule has 0 saturated carbocycles. The van der Waals surface area contributed by atoms with Crippen LogP contribution in [-0.2, 0) is 0 Å². The lowest BCUT2D eigenvalue weighted by Crippen LogP contribution is -2.30. The molecule has 0 radical (unpaired) electrons. The Balaban J connectivity index is 2.20. The predicted octanol–water partition coefficient (Wildman–Crippen LogP) is 3.45. The van der Waals surface area contributed by atoms with Gasteiger partial charge in [0.2, 0.25) is 0 Å². The molecule has 2 heterocycles. The molecule has 1 aromatic heterocycles. The number of rotatable bonds is 1. The van der Waals surface area contributed by atoms with Crippen molar-refractivity contribution in [2.75, 3.05) is 6.54 Å². The van der Waals surface area contributed by atoms with Gasteiger partial charge >= 0.3 is 0 Å². The molecule has 4 heteroatoms. The van der Waals surface area contributed by atoms with E-state index in [0.717, 1.165) is 24.4 Å². The largest absolute Gasteiger partial charge is 0.310 e. The highest BCUT2D eigenvalue weighted by Gasteiger charge is 2.20. The van der Waals surface area contributed by atoms with Crippen molar-refractivity contribution in [2.24, 2.45) is 5.92 Å². The highest BCUT2D eigenvalue weighted by atomic mass is 35.5. The SMILES string of the molecule is CC1CCNC(c2cc(Cl)nc(Cl)c2)C1. The van der Waals surface area contributed by atoms with Crippen molar-refractivity contribution < 1.29 is 0 Å². The molecular formula is C11H14Cl2N2. The summed E-state index contributed by atoms with van der Waals surface area (Å²) in [6.45, 7) is 3.33. The average molecular weight is 245 g/mol. The van der Waals surface area contributed by atoms with Crippen molar-refractivity contribution in [1.29, 1.82) is 0 Å². The minimum absolute atomic E-state index is 0.367. The van der Waals surface area contributed by atoms with Crippen LogP contribution in [0.25, 0.3) is 0 Å². The Morgan fingerprint density at radius 3 is 2.60 bits per heavy atom. The Morgan fingerprint density at radius 2 is 2.00 bits per heavy atom. The molecular weight excluding hydrogens is 231 g/mol. The monoisotopic (exact) mass is 244 g/mol. The fraction of sp³-hybridized carbons (Fsp3) is 0.545. The molecule has 2 atom stereocenters. The van der Waals surface area contributed by atoms with Crippen molar-refractivity contribution >= 4 is 23.2 Å². The number of hydrogen-bond acceptors (Lipinski definition) is 2. The summed E-state index contributed by atoms with van der Waals surface area (Å²) in [5.74, 6) is 0.752. The molecule has 2 rings (SSSR count). The van der Waals surface area contributed by atoms with Crippen LogP contribution in [0, 0.1) is 5.92 Å². The Morgan fingerprint density at radius 1 is 1.33 bits per heavy atom. The molecule has 1 fully saturated rings. The number of halogens is 2. The second kappa shape index (κ2) is 4.69. The molecule has 2 nitrogen and oxygen atoms in total. The smallest absolute Gasteiger partial charge is 0.131 e. The van der Waals surface area contributed by atoms with E-state index < -0.39 is 0 Å². The fourth-order valence-corrected chi connectivity index (χ4v) is 2.52. The lowest BCUT2D eigenvalue weighted by Gasteiger charge is -2.28. The molecule has 1 aliphatic rings. The van der Waals surface area contributed by atoms with E-state index in [1.807, 2.05) is 12.1 Å². The van der Waals surface area contributed by atoms with Gasteiger partial charge in [-0.3, -0.25) is 0 Å². The number of piperidine rings is 1. The number of aromatic nitrogens is 1. The average Bonchev–Trinajstić information content (AvgIpc) is 2.16. The number of hydrogen-bond donors (Lipinski definition) is 1. The van der Waals surface area contributed by atoms with Gasteiger partial charge in [0.05, 0.1) is 0 Å². The summed E-state index contributed by atoms with van der Waals surface area (Å²) >= 11 is 11.8. The first-order chi connectivity index (χ1) is 7.15. The van der Waals surface area contributed by atoms with Gasteiger partial charge in [0, 0.05) is 6.04 Å². The van der Waals surface area contributed by atoms with E-state index in [2.05, 4.69) is 17.2 Å². The van der Waals surface area contributed by atoms with E-state index in [1.54, 1.807) is 0 Å². The van der Waals surface area contributed by atoms with E-state index in [9.17, 15) is 0 Å². The Hall–Kier alpha value is -0.310. The summed E-state index contributed by atoms with van der Waals surface area (Å²) in [5.41, 5.74) is 1.14. The van der Waals surface area contributed by atoms with Crippen molar-refractivity contribution in [3.8, 4) is 0 Å². The highest BCUT2D eigenvalue weighted by Crippen LogP contribution is 2.29. The molecule has 0 bridgehead atoms. The lowest BCUT2D eigenvalue weighted by atomic mass is 9.90. The van der Waals surface area contributed by atoms with E-state index in [-0.39, 0.29) is 0 Å². The molecule has 0 aliphatic carbocycles. The van der Waals surface area contributed by atoms with Gasteiger partial charge in [-0.05, 0) is 43.0 Å². The third kappa shape index (κ3) is 2.83. The zero-order valence-electron chi connectivity index (χ0n) is 8.63. The van der Waals surface area contributed by atoms with Crippen LogP contribution in [0.1, 0.15) is 31.4 Å².